The molecule has 1 aromatic rings. The molecule has 3 heteroatoms. The Kier molecular flexibility index (Phi) is 4.60. The molecule has 14 heavy (non-hydrogen) atoms. The van der Waals surface area contributed by atoms with E-state index in [1.54, 1.807) is 0 Å². The lowest BCUT2D eigenvalue weighted by Gasteiger charge is -2.10. The maximum absolute atomic E-state index is 6.06. The molecule has 0 saturated carbocycles. The smallest absolute Gasteiger partial charge is 0.0494 e. The Balaban J connectivity index is 3.05. The zero-order valence-electron chi connectivity index (χ0n) is 8.22. The lowest BCUT2D eigenvalue weighted by atomic mass is 10.1. The van der Waals surface area contributed by atoms with Crippen molar-refractivity contribution in [3.8, 4) is 0 Å². The highest BCUT2D eigenvalue weighted by Crippen LogP contribution is 2.24. The van der Waals surface area contributed by atoms with Gasteiger partial charge in [-0.3, -0.25) is 0 Å². The molecule has 0 aliphatic carbocycles. The minimum absolute atomic E-state index is 0.00981. The minimum Gasteiger partial charge on any atom is -0.321 e. The Labute approximate surface area is 107 Å². The molecular formula is C11H13BrIN. The van der Waals surface area contributed by atoms with Gasteiger partial charge in [-0.05, 0) is 60.2 Å². The van der Waals surface area contributed by atoms with E-state index in [1.165, 1.54) is 14.7 Å². The van der Waals surface area contributed by atoms with Crippen LogP contribution in [0.1, 0.15) is 25.5 Å². The number of halogens is 2. The Morgan fingerprint density at radius 1 is 1.50 bits per heavy atom. The predicted molar refractivity (Wildman–Crippen MR) is 73.2 cm³/mol. The molecule has 1 nitrogen and oxygen atoms in total. The van der Waals surface area contributed by atoms with Crippen LogP contribution in [0.2, 0.25) is 0 Å². The van der Waals surface area contributed by atoms with E-state index >= 15 is 0 Å². The lowest BCUT2D eigenvalue weighted by molar-refractivity contribution is 0.891. The molecule has 0 fully saturated rings. The fourth-order valence-electron chi connectivity index (χ4n) is 1.22. The molecular weight excluding hydrogens is 353 g/mol. The van der Waals surface area contributed by atoms with E-state index in [9.17, 15) is 0 Å². The number of benzene rings is 1. The molecule has 0 aromatic heterocycles. The monoisotopic (exact) mass is 365 g/mol. The Morgan fingerprint density at radius 2 is 2.14 bits per heavy atom. The van der Waals surface area contributed by atoms with E-state index in [4.69, 9.17) is 5.73 Å². The van der Waals surface area contributed by atoms with Gasteiger partial charge in [0.1, 0.15) is 0 Å². The SMILES string of the molecule is CC(C)=CC(N)c1cc(Br)ccc1I. The summed E-state index contributed by atoms with van der Waals surface area (Å²) in [5, 5.41) is 0. The average Bonchev–Trinajstić information content (AvgIpc) is 2.08. The van der Waals surface area contributed by atoms with E-state index < -0.39 is 0 Å². The lowest BCUT2D eigenvalue weighted by Crippen LogP contribution is -2.09. The fraction of sp³-hybridized carbons (Fsp3) is 0.273. The van der Waals surface area contributed by atoms with Crippen LogP contribution in [0.25, 0.3) is 0 Å². The third kappa shape index (κ3) is 3.37. The summed E-state index contributed by atoms with van der Waals surface area (Å²) in [5.74, 6) is 0. The summed E-state index contributed by atoms with van der Waals surface area (Å²) in [6.45, 7) is 4.12. The van der Waals surface area contributed by atoms with Gasteiger partial charge in [0, 0.05) is 14.1 Å². The molecule has 0 amide bonds. The number of rotatable bonds is 2. The first-order valence-electron chi connectivity index (χ1n) is 4.36. The average molecular weight is 366 g/mol. The second kappa shape index (κ2) is 5.28. The zero-order valence-corrected chi connectivity index (χ0v) is 12.0. The Morgan fingerprint density at radius 3 is 2.71 bits per heavy atom. The van der Waals surface area contributed by atoms with Crippen molar-refractivity contribution in [2.24, 2.45) is 5.73 Å². The Bertz CT molecular complexity index is 356. The summed E-state index contributed by atoms with van der Waals surface area (Å²) in [4.78, 5) is 0. The van der Waals surface area contributed by atoms with Crippen molar-refractivity contribution in [2.75, 3.05) is 0 Å². The third-order valence-corrected chi connectivity index (χ3v) is 3.31. The third-order valence-electron chi connectivity index (χ3n) is 1.83. The van der Waals surface area contributed by atoms with Crippen LogP contribution in [0.3, 0.4) is 0 Å². The molecule has 1 atom stereocenters. The maximum Gasteiger partial charge on any atom is 0.0494 e. The van der Waals surface area contributed by atoms with Gasteiger partial charge < -0.3 is 5.73 Å². The molecule has 1 unspecified atom stereocenters. The summed E-state index contributed by atoms with van der Waals surface area (Å²) in [6, 6.07) is 6.16. The van der Waals surface area contributed by atoms with Gasteiger partial charge in [-0.1, -0.05) is 27.6 Å². The normalized spacial score (nSPS) is 12.4. The highest BCUT2D eigenvalue weighted by molar-refractivity contribution is 14.1. The minimum atomic E-state index is -0.00981. The second-order valence-electron chi connectivity index (χ2n) is 3.44. The first-order valence-corrected chi connectivity index (χ1v) is 6.23. The van der Waals surface area contributed by atoms with Gasteiger partial charge in [0.25, 0.3) is 0 Å². The van der Waals surface area contributed by atoms with Crippen LogP contribution in [0.5, 0.6) is 0 Å². The number of hydrogen-bond donors (Lipinski definition) is 1. The molecule has 1 rings (SSSR count). The van der Waals surface area contributed by atoms with Gasteiger partial charge in [0.15, 0.2) is 0 Å². The highest BCUT2D eigenvalue weighted by Gasteiger charge is 2.07. The van der Waals surface area contributed by atoms with Gasteiger partial charge in [0.05, 0.1) is 0 Å². The summed E-state index contributed by atoms with van der Waals surface area (Å²) in [7, 11) is 0. The number of hydrogen-bond acceptors (Lipinski definition) is 1. The summed E-state index contributed by atoms with van der Waals surface area (Å²) < 4.78 is 2.28. The first-order chi connectivity index (χ1) is 6.50. The van der Waals surface area contributed by atoms with Crippen molar-refractivity contribution in [2.45, 2.75) is 19.9 Å². The predicted octanol–water partition coefficient (Wildman–Crippen LogP) is 4.02. The summed E-state index contributed by atoms with van der Waals surface area (Å²) >= 11 is 5.76. The Hall–Kier alpha value is 0.130. The van der Waals surface area contributed by atoms with Gasteiger partial charge in [-0.25, -0.2) is 0 Å². The molecule has 0 radical (unpaired) electrons. The molecule has 0 bridgehead atoms. The summed E-state index contributed by atoms with van der Waals surface area (Å²) in [6.07, 6.45) is 2.07. The van der Waals surface area contributed by atoms with E-state index in [0.29, 0.717) is 0 Å². The largest absolute Gasteiger partial charge is 0.321 e. The van der Waals surface area contributed by atoms with Crippen molar-refractivity contribution in [3.05, 3.63) is 43.5 Å². The van der Waals surface area contributed by atoms with Crippen LogP contribution in [0.4, 0.5) is 0 Å². The van der Waals surface area contributed by atoms with Gasteiger partial charge in [-0.15, -0.1) is 0 Å². The van der Waals surface area contributed by atoms with Crippen molar-refractivity contribution < 1.29 is 0 Å². The van der Waals surface area contributed by atoms with Crippen LogP contribution in [0.15, 0.2) is 34.3 Å². The van der Waals surface area contributed by atoms with Crippen molar-refractivity contribution in [3.63, 3.8) is 0 Å². The van der Waals surface area contributed by atoms with Crippen LogP contribution in [-0.2, 0) is 0 Å². The molecule has 2 N–H and O–H groups in total. The van der Waals surface area contributed by atoms with E-state index in [0.717, 1.165) is 4.47 Å². The van der Waals surface area contributed by atoms with Gasteiger partial charge in [-0.2, -0.15) is 0 Å². The van der Waals surface area contributed by atoms with Crippen LogP contribution in [-0.4, -0.2) is 0 Å². The zero-order chi connectivity index (χ0) is 10.7. The van der Waals surface area contributed by atoms with Crippen molar-refractivity contribution in [1.82, 2.24) is 0 Å². The molecule has 0 aliphatic heterocycles. The maximum atomic E-state index is 6.06. The highest BCUT2D eigenvalue weighted by atomic mass is 127. The standard InChI is InChI=1S/C11H13BrIN/c1-7(2)5-11(14)9-6-8(12)3-4-10(9)13/h3-6,11H,14H2,1-2H3. The van der Waals surface area contributed by atoms with Crippen molar-refractivity contribution in [1.29, 1.82) is 0 Å². The molecule has 76 valence electrons. The van der Waals surface area contributed by atoms with Gasteiger partial charge in [0.2, 0.25) is 0 Å². The van der Waals surface area contributed by atoms with Crippen molar-refractivity contribution >= 4 is 38.5 Å². The first kappa shape index (κ1) is 12.2. The quantitative estimate of drug-likeness (QED) is 0.621. The molecule has 0 heterocycles. The van der Waals surface area contributed by atoms with E-state index in [2.05, 4.69) is 70.6 Å². The van der Waals surface area contributed by atoms with Crippen LogP contribution < -0.4 is 5.73 Å². The topological polar surface area (TPSA) is 26.0 Å². The number of allylic oxidation sites excluding steroid dienone is 1. The number of nitrogens with two attached hydrogens (primary N) is 1. The second-order valence-corrected chi connectivity index (χ2v) is 5.51. The molecule has 0 aliphatic rings. The molecule has 0 spiro atoms. The van der Waals surface area contributed by atoms with E-state index in [1.807, 2.05) is 6.07 Å². The van der Waals surface area contributed by atoms with Crippen LogP contribution >= 0.6 is 38.5 Å². The summed E-state index contributed by atoms with van der Waals surface area (Å²) in [5.41, 5.74) is 8.48. The molecule has 0 saturated heterocycles. The van der Waals surface area contributed by atoms with Crippen LogP contribution in [0, 0.1) is 3.57 Å². The molecule has 1 aromatic carbocycles. The fourth-order valence-corrected chi connectivity index (χ4v) is 2.29. The van der Waals surface area contributed by atoms with Gasteiger partial charge >= 0.3 is 0 Å². The van der Waals surface area contributed by atoms with E-state index in [-0.39, 0.29) is 6.04 Å².